The Bertz CT molecular complexity index is 1280. The van der Waals surface area contributed by atoms with Crippen LogP contribution in [-0.4, -0.2) is 42.5 Å². The molecule has 9 heteroatoms. The first-order valence-corrected chi connectivity index (χ1v) is 10.8. The maximum atomic E-state index is 14.4. The highest BCUT2D eigenvalue weighted by Gasteiger charge is 2.46. The van der Waals surface area contributed by atoms with E-state index in [-0.39, 0.29) is 23.4 Å². The molecule has 2 heterocycles. The standard InChI is InChI=1S/C26H24FNO7/c1-4-34-20-10-7-15(13-21(20)33-3)23-22(24(29)16-8-9-19(32-2)18(27)12-16)25(30)26(31)28(23)14-17-6-5-11-35-17/h5-13,23,29H,4,14H2,1-3H3/t23-/m1/s1. The van der Waals surface area contributed by atoms with Crippen LogP contribution in [0.4, 0.5) is 4.39 Å². The van der Waals surface area contributed by atoms with Crippen molar-refractivity contribution < 1.29 is 37.7 Å². The molecule has 3 aromatic rings. The molecular formula is C26H24FNO7. The first-order chi connectivity index (χ1) is 16.9. The van der Waals surface area contributed by atoms with Crippen molar-refractivity contribution in [3.8, 4) is 17.2 Å². The van der Waals surface area contributed by atoms with Crippen LogP contribution < -0.4 is 14.2 Å². The van der Waals surface area contributed by atoms with Crippen molar-refractivity contribution in [2.45, 2.75) is 19.5 Å². The smallest absolute Gasteiger partial charge is 0.296 e. The number of hydrogen-bond acceptors (Lipinski definition) is 7. The van der Waals surface area contributed by atoms with Gasteiger partial charge in [-0.2, -0.15) is 0 Å². The number of benzene rings is 2. The largest absolute Gasteiger partial charge is 0.507 e. The van der Waals surface area contributed by atoms with E-state index < -0.39 is 29.3 Å². The molecule has 8 nitrogen and oxygen atoms in total. The lowest BCUT2D eigenvalue weighted by molar-refractivity contribution is -0.140. The van der Waals surface area contributed by atoms with Crippen molar-refractivity contribution in [3.63, 3.8) is 0 Å². The SMILES string of the molecule is CCOc1ccc([C@@H]2C(=C(O)c3ccc(OC)c(F)c3)C(=O)C(=O)N2Cc2ccco2)cc1OC. The lowest BCUT2D eigenvalue weighted by atomic mass is 9.95. The van der Waals surface area contributed by atoms with E-state index >= 15 is 0 Å². The number of furan rings is 1. The summed E-state index contributed by atoms with van der Waals surface area (Å²) >= 11 is 0. The van der Waals surface area contributed by atoms with Gasteiger partial charge in [0.15, 0.2) is 23.1 Å². The zero-order valence-corrected chi connectivity index (χ0v) is 19.4. The van der Waals surface area contributed by atoms with Crippen LogP contribution in [0.15, 0.2) is 64.8 Å². The van der Waals surface area contributed by atoms with Gasteiger partial charge in [-0.3, -0.25) is 9.59 Å². The number of likely N-dealkylation sites (tertiary alicyclic amines) is 1. The number of rotatable bonds is 8. The van der Waals surface area contributed by atoms with E-state index in [0.717, 1.165) is 6.07 Å². The molecule has 1 atom stereocenters. The number of ether oxygens (including phenoxy) is 3. The van der Waals surface area contributed by atoms with Crippen LogP contribution in [0.3, 0.4) is 0 Å². The Morgan fingerprint density at radius 2 is 1.80 bits per heavy atom. The number of amides is 1. The number of nitrogens with zero attached hydrogens (tertiary/aromatic N) is 1. The van der Waals surface area contributed by atoms with Crippen LogP contribution in [0.5, 0.6) is 17.2 Å². The highest BCUT2D eigenvalue weighted by Crippen LogP contribution is 2.43. The lowest BCUT2D eigenvalue weighted by Gasteiger charge is -2.25. The normalized spacial score (nSPS) is 17.0. The van der Waals surface area contributed by atoms with Gasteiger partial charge in [0, 0.05) is 5.56 Å². The van der Waals surface area contributed by atoms with Crippen molar-refractivity contribution in [2.24, 2.45) is 0 Å². The molecule has 0 radical (unpaired) electrons. The third-order valence-electron chi connectivity index (χ3n) is 5.67. The predicted octanol–water partition coefficient (Wildman–Crippen LogP) is 4.46. The summed E-state index contributed by atoms with van der Waals surface area (Å²) in [4.78, 5) is 27.5. The number of hydrogen-bond donors (Lipinski definition) is 1. The summed E-state index contributed by atoms with van der Waals surface area (Å²) in [6.45, 7) is 2.22. The molecule has 4 rings (SSSR count). The van der Waals surface area contributed by atoms with E-state index in [9.17, 15) is 19.1 Å². The zero-order valence-electron chi connectivity index (χ0n) is 19.4. The molecule has 1 N–H and O–H groups in total. The summed E-state index contributed by atoms with van der Waals surface area (Å²) in [6.07, 6.45) is 1.46. The molecule has 0 spiro atoms. The molecule has 1 aliphatic heterocycles. The van der Waals surface area contributed by atoms with Crippen LogP contribution in [0, 0.1) is 5.82 Å². The van der Waals surface area contributed by atoms with E-state index in [4.69, 9.17) is 18.6 Å². The number of aliphatic hydroxyl groups excluding tert-OH is 1. The second-order valence-corrected chi connectivity index (χ2v) is 7.70. The molecule has 1 amide bonds. The number of ketones is 1. The molecule has 1 saturated heterocycles. The number of methoxy groups -OCH3 is 2. The average molecular weight is 481 g/mol. The fraction of sp³-hybridized carbons (Fsp3) is 0.231. The van der Waals surface area contributed by atoms with E-state index in [2.05, 4.69) is 0 Å². The number of Topliss-reactive ketones (excluding diaryl/α,β-unsaturated/α-hetero) is 1. The van der Waals surface area contributed by atoms with Crippen LogP contribution in [0.1, 0.15) is 29.9 Å². The van der Waals surface area contributed by atoms with Gasteiger partial charge >= 0.3 is 0 Å². The highest BCUT2D eigenvalue weighted by atomic mass is 19.1. The Hall–Kier alpha value is -4.27. The third-order valence-corrected chi connectivity index (χ3v) is 5.67. The zero-order chi connectivity index (χ0) is 25.1. The highest BCUT2D eigenvalue weighted by molar-refractivity contribution is 6.46. The van der Waals surface area contributed by atoms with E-state index in [0.29, 0.717) is 29.4 Å². The minimum absolute atomic E-state index is 0.0207. The first kappa shape index (κ1) is 23.9. The summed E-state index contributed by atoms with van der Waals surface area (Å²) in [6, 6.07) is 11.1. The number of carbonyl (C=O) groups excluding carboxylic acids is 2. The predicted molar refractivity (Wildman–Crippen MR) is 124 cm³/mol. The molecule has 0 saturated carbocycles. The first-order valence-electron chi connectivity index (χ1n) is 10.8. The average Bonchev–Trinajstić information content (AvgIpc) is 3.46. The van der Waals surface area contributed by atoms with Gasteiger partial charge < -0.3 is 28.6 Å². The van der Waals surface area contributed by atoms with Gasteiger partial charge in [0.1, 0.15) is 11.5 Å². The van der Waals surface area contributed by atoms with Gasteiger partial charge in [-0.05, 0) is 55.0 Å². The van der Waals surface area contributed by atoms with Crippen LogP contribution in [0.25, 0.3) is 5.76 Å². The minimum atomic E-state index is -0.991. The van der Waals surface area contributed by atoms with Crippen molar-refractivity contribution in [1.82, 2.24) is 4.90 Å². The molecule has 1 aliphatic rings. The summed E-state index contributed by atoms with van der Waals surface area (Å²) in [5, 5.41) is 11.1. The maximum absolute atomic E-state index is 14.4. The van der Waals surface area contributed by atoms with Gasteiger partial charge in [-0.1, -0.05) is 6.07 Å². The second-order valence-electron chi connectivity index (χ2n) is 7.70. The number of halogens is 1. The Morgan fingerprint density at radius 3 is 2.43 bits per heavy atom. The molecule has 0 aliphatic carbocycles. The lowest BCUT2D eigenvalue weighted by Crippen LogP contribution is -2.29. The fourth-order valence-electron chi connectivity index (χ4n) is 4.06. The Morgan fingerprint density at radius 1 is 1.06 bits per heavy atom. The van der Waals surface area contributed by atoms with Crippen LogP contribution in [0.2, 0.25) is 0 Å². The van der Waals surface area contributed by atoms with Crippen LogP contribution in [-0.2, 0) is 16.1 Å². The van der Waals surface area contributed by atoms with E-state index in [1.165, 1.54) is 37.5 Å². The molecule has 35 heavy (non-hydrogen) atoms. The maximum Gasteiger partial charge on any atom is 0.296 e. The monoisotopic (exact) mass is 481 g/mol. The molecule has 2 aromatic carbocycles. The van der Waals surface area contributed by atoms with Gasteiger partial charge in [0.25, 0.3) is 11.7 Å². The van der Waals surface area contributed by atoms with Crippen molar-refractivity contribution in [2.75, 3.05) is 20.8 Å². The fourth-order valence-corrected chi connectivity index (χ4v) is 4.06. The van der Waals surface area contributed by atoms with Gasteiger partial charge in [-0.15, -0.1) is 0 Å². The summed E-state index contributed by atoms with van der Waals surface area (Å²) in [5.41, 5.74) is 0.339. The van der Waals surface area contributed by atoms with E-state index in [1.807, 2.05) is 6.92 Å². The molecule has 182 valence electrons. The Balaban J connectivity index is 1.88. The van der Waals surface area contributed by atoms with Crippen LogP contribution >= 0.6 is 0 Å². The molecule has 0 bridgehead atoms. The summed E-state index contributed by atoms with van der Waals surface area (Å²) in [7, 11) is 2.79. The summed E-state index contributed by atoms with van der Waals surface area (Å²) in [5.74, 6) is -1.65. The van der Waals surface area contributed by atoms with Crippen molar-refractivity contribution in [1.29, 1.82) is 0 Å². The topological polar surface area (TPSA) is 98.4 Å². The molecule has 0 unspecified atom stereocenters. The summed E-state index contributed by atoms with van der Waals surface area (Å²) < 4.78 is 35.7. The van der Waals surface area contributed by atoms with Gasteiger partial charge in [0.05, 0.1) is 45.2 Å². The van der Waals surface area contributed by atoms with Crippen molar-refractivity contribution >= 4 is 17.4 Å². The molecular weight excluding hydrogens is 457 g/mol. The number of aliphatic hydroxyl groups is 1. The minimum Gasteiger partial charge on any atom is -0.507 e. The van der Waals surface area contributed by atoms with Gasteiger partial charge in [-0.25, -0.2) is 4.39 Å². The van der Waals surface area contributed by atoms with Gasteiger partial charge in [0.2, 0.25) is 0 Å². The molecule has 1 aromatic heterocycles. The van der Waals surface area contributed by atoms with Crippen molar-refractivity contribution in [3.05, 3.63) is 83.1 Å². The molecule has 1 fully saturated rings. The quantitative estimate of drug-likeness (QED) is 0.288. The van der Waals surface area contributed by atoms with E-state index in [1.54, 1.807) is 30.3 Å². The Kier molecular flexibility index (Phi) is 6.77. The third kappa shape index (κ3) is 4.44. The Labute approximate surface area is 201 Å². The second kappa shape index (κ2) is 9.92. The number of carbonyl (C=O) groups is 2.